The van der Waals surface area contributed by atoms with Gasteiger partial charge < -0.3 is 14.2 Å². The molecule has 0 radical (unpaired) electrons. The second kappa shape index (κ2) is 7.27. The summed E-state index contributed by atoms with van der Waals surface area (Å²) in [6.45, 7) is 10.7. The Kier molecular flexibility index (Phi) is 6.08. The Morgan fingerprint density at radius 3 is 2.46 bits per heavy atom. The first-order chi connectivity index (χ1) is 10.9. The molecule has 1 amide bonds. The van der Waals surface area contributed by atoms with Gasteiger partial charge in [-0.2, -0.15) is 0 Å². The van der Waals surface area contributed by atoms with Crippen molar-refractivity contribution in [3.05, 3.63) is 10.4 Å². The summed E-state index contributed by atoms with van der Waals surface area (Å²) in [5.41, 5.74) is 7.14. The van der Waals surface area contributed by atoms with Gasteiger partial charge in [0.05, 0.1) is 19.8 Å². The molecule has 24 heavy (non-hydrogen) atoms. The molecule has 0 saturated carbocycles. The van der Waals surface area contributed by atoms with Gasteiger partial charge in [-0.25, -0.2) is 4.79 Å². The van der Waals surface area contributed by atoms with Crippen LogP contribution in [0.3, 0.4) is 0 Å². The lowest BCUT2D eigenvalue weighted by molar-refractivity contribution is -0.144. The molecule has 0 bridgehead atoms. The van der Waals surface area contributed by atoms with Crippen molar-refractivity contribution in [2.24, 2.45) is 11.0 Å². The second-order valence-electron chi connectivity index (χ2n) is 7.21. The number of hydrogen-bond acceptors (Lipinski definition) is 6. The van der Waals surface area contributed by atoms with Crippen molar-refractivity contribution in [3.8, 4) is 0 Å². The summed E-state index contributed by atoms with van der Waals surface area (Å²) in [7, 11) is 1.22. The van der Waals surface area contributed by atoms with E-state index in [1.807, 2.05) is 0 Å². The molecule has 1 saturated heterocycles. The summed E-state index contributed by atoms with van der Waals surface area (Å²) in [6.07, 6.45) is -0.550. The first kappa shape index (κ1) is 20.1. The molecule has 1 heterocycles. The molecule has 9 nitrogen and oxygen atoms in total. The van der Waals surface area contributed by atoms with E-state index in [-0.39, 0.29) is 6.61 Å². The summed E-state index contributed by atoms with van der Waals surface area (Å²) in [6, 6.07) is -1.56. The van der Waals surface area contributed by atoms with Crippen molar-refractivity contribution in [2.75, 3.05) is 13.7 Å². The number of azide groups is 1. The van der Waals surface area contributed by atoms with E-state index < -0.39 is 41.4 Å². The van der Waals surface area contributed by atoms with Crippen molar-refractivity contribution >= 4 is 12.1 Å². The topological polar surface area (TPSA) is 114 Å². The molecule has 3 atom stereocenters. The van der Waals surface area contributed by atoms with Gasteiger partial charge in [0.25, 0.3) is 0 Å². The number of carbonyl (C=O) groups excluding carboxylic acids is 2. The van der Waals surface area contributed by atoms with E-state index in [9.17, 15) is 9.59 Å². The lowest BCUT2D eigenvalue weighted by Crippen LogP contribution is -2.53. The van der Waals surface area contributed by atoms with Gasteiger partial charge in [0.1, 0.15) is 17.4 Å². The Balaban J connectivity index is 3.12. The standard InChI is InChI=1S/C15H26N4O5/c1-9(11(17-18-16)12(20)22-7)10-8-23-15(5,6)19(10)13(21)24-14(2,3)4/h9-11H,8H2,1-7H3/t9-,10+,11+/m1/s1. The maximum atomic E-state index is 12.6. The molecule has 0 aromatic rings. The minimum Gasteiger partial charge on any atom is -0.469 e. The van der Waals surface area contributed by atoms with Crippen LogP contribution in [0, 0.1) is 5.92 Å². The molecule has 1 fully saturated rings. The molecule has 0 spiro atoms. The number of methoxy groups -OCH3 is 1. The van der Waals surface area contributed by atoms with Crippen LogP contribution in [-0.4, -0.2) is 54.1 Å². The van der Waals surface area contributed by atoms with E-state index in [0.717, 1.165) is 0 Å². The predicted molar refractivity (Wildman–Crippen MR) is 86.0 cm³/mol. The minimum absolute atomic E-state index is 0.196. The van der Waals surface area contributed by atoms with Crippen LogP contribution >= 0.6 is 0 Å². The van der Waals surface area contributed by atoms with E-state index in [1.54, 1.807) is 41.5 Å². The maximum Gasteiger partial charge on any atom is 0.412 e. The zero-order valence-corrected chi connectivity index (χ0v) is 15.3. The smallest absolute Gasteiger partial charge is 0.412 e. The summed E-state index contributed by atoms with van der Waals surface area (Å²) in [4.78, 5) is 28.7. The molecule has 0 aliphatic carbocycles. The van der Waals surface area contributed by atoms with Gasteiger partial charge in [-0.1, -0.05) is 12.0 Å². The lowest BCUT2D eigenvalue weighted by Gasteiger charge is -2.37. The molecule has 0 N–H and O–H groups in total. The van der Waals surface area contributed by atoms with Gasteiger partial charge in [0.15, 0.2) is 0 Å². The Labute approximate surface area is 141 Å². The second-order valence-corrected chi connectivity index (χ2v) is 7.21. The molecule has 0 unspecified atom stereocenters. The fraction of sp³-hybridized carbons (Fsp3) is 0.867. The van der Waals surface area contributed by atoms with Crippen LogP contribution in [0.1, 0.15) is 41.5 Å². The monoisotopic (exact) mass is 342 g/mol. The first-order valence-electron chi connectivity index (χ1n) is 7.73. The Morgan fingerprint density at radius 2 is 2.00 bits per heavy atom. The van der Waals surface area contributed by atoms with Gasteiger partial charge in [-0.15, -0.1) is 0 Å². The third-order valence-electron chi connectivity index (χ3n) is 3.83. The molecule has 0 aromatic heterocycles. The highest BCUT2D eigenvalue weighted by Gasteiger charge is 2.49. The number of ether oxygens (including phenoxy) is 3. The molecule has 9 heteroatoms. The summed E-state index contributed by atoms with van der Waals surface area (Å²) in [5, 5.41) is 3.53. The van der Waals surface area contributed by atoms with Crippen LogP contribution in [0.15, 0.2) is 5.11 Å². The first-order valence-corrected chi connectivity index (χ1v) is 7.73. The highest BCUT2D eigenvalue weighted by atomic mass is 16.6. The SMILES string of the molecule is COC(=O)[C@@H](N=[N+]=[N-])[C@H](C)[C@@H]1COC(C)(C)N1C(=O)OC(C)(C)C. The van der Waals surface area contributed by atoms with E-state index in [0.29, 0.717) is 0 Å². The Hall–Kier alpha value is -1.99. The average Bonchev–Trinajstić information content (AvgIpc) is 2.77. The average molecular weight is 342 g/mol. The number of hydrogen-bond donors (Lipinski definition) is 0. The number of nitrogens with zero attached hydrogens (tertiary/aromatic N) is 4. The number of rotatable bonds is 4. The fourth-order valence-electron chi connectivity index (χ4n) is 2.64. The molecular formula is C15H26N4O5. The number of amides is 1. The van der Waals surface area contributed by atoms with E-state index in [4.69, 9.17) is 19.7 Å². The van der Waals surface area contributed by atoms with Gasteiger partial charge in [-0.05, 0) is 46.1 Å². The van der Waals surface area contributed by atoms with Gasteiger partial charge in [-0.3, -0.25) is 9.69 Å². The van der Waals surface area contributed by atoms with Crippen molar-refractivity contribution < 1.29 is 23.8 Å². The van der Waals surface area contributed by atoms with Crippen LogP contribution in [0.5, 0.6) is 0 Å². The summed E-state index contributed by atoms with van der Waals surface area (Å²) in [5.74, 6) is -1.17. The maximum absolute atomic E-state index is 12.6. The normalized spacial score (nSPS) is 22.3. The minimum atomic E-state index is -1.06. The Morgan fingerprint density at radius 1 is 1.42 bits per heavy atom. The van der Waals surface area contributed by atoms with E-state index >= 15 is 0 Å². The summed E-state index contributed by atoms with van der Waals surface area (Å²) >= 11 is 0. The van der Waals surface area contributed by atoms with Crippen molar-refractivity contribution in [1.29, 1.82) is 0 Å². The van der Waals surface area contributed by atoms with Crippen LogP contribution in [0.2, 0.25) is 0 Å². The fourth-order valence-corrected chi connectivity index (χ4v) is 2.64. The van der Waals surface area contributed by atoms with Gasteiger partial charge in [0.2, 0.25) is 0 Å². The highest BCUT2D eigenvalue weighted by Crippen LogP contribution is 2.34. The van der Waals surface area contributed by atoms with Crippen molar-refractivity contribution in [2.45, 2.75) is 65.0 Å². The lowest BCUT2D eigenvalue weighted by atomic mass is 9.93. The molecule has 136 valence electrons. The highest BCUT2D eigenvalue weighted by molar-refractivity contribution is 5.76. The number of carbonyl (C=O) groups is 2. The molecular weight excluding hydrogens is 316 g/mol. The van der Waals surface area contributed by atoms with Crippen LogP contribution in [0.25, 0.3) is 10.4 Å². The third-order valence-corrected chi connectivity index (χ3v) is 3.83. The van der Waals surface area contributed by atoms with Crippen LogP contribution in [-0.2, 0) is 19.0 Å². The Bertz CT molecular complexity index is 536. The molecule has 1 rings (SSSR count). The van der Waals surface area contributed by atoms with Gasteiger partial charge >= 0.3 is 12.1 Å². The van der Waals surface area contributed by atoms with E-state index in [2.05, 4.69) is 10.0 Å². The predicted octanol–water partition coefficient (Wildman–Crippen LogP) is 2.85. The van der Waals surface area contributed by atoms with Crippen LogP contribution < -0.4 is 0 Å². The third kappa shape index (κ3) is 4.52. The largest absolute Gasteiger partial charge is 0.469 e. The molecule has 1 aliphatic rings. The van der Waals surface area contributed by atoms with Crippen LogP contribution in [0.4, 0.5) is 4.79 Å². The van der Waals surface area contributed by atoms with Crippen molar-refractivity contribution in [3.63, 3.8) is 0 Å². The zero-order chi connectivity index (χ0) is 18.7. The molecule has 0 aromatic carbocycles. The number of esters is 1. The molecule has 1 aliphatic heterocycles. The quantitative estimate of drug-likeness (QED) is 0.337. The van der Waals surface area contributed by atoms with Gasteiger partial charge in [0, 0.05) is 4.91 Å². The van der Waals surface area contributed by atoms with E-state index in [1.165, 1.54) is 12.0 Å². The zero-order valence-electron chi connectivity index (χ0n) is 15.3. The van der Waals surface area contributed by atoms with Crippen molar-refractivity contribution in [1.82, 2.24) is 4.90 Å². The summed E-state index contributed by atoms with van der Waals surface area (Å²) < 4.78 is 15.8.